The number of hydrogen-bond acceptors (Lipinski definition) is 4. The molecule has 0 saturated carbocycles. The molecule has 7 nitrogen and oxygen atoms in total. The van der Waals surface area contributed by atoms with Gasteiger partial charge in [-0.3, -0.25) is 9.69 Å². The second kappa shape index (κ2) is 7.12. The molecule has 2 aromatic carbocycles. The number of hydrogen-bond donors (Lipinski definition) is 3. The van der Waals surface area contributed by atoms with Crippen LogP contribution >= 0.6 is 0 Å². The maximum atomic E-state index is 13.0. The predicted molar refractivity (Wildman–Crippen MR) is 94.3 cm³/mol. The Balaban J connectivity index is 1.91. The maximum absolute atomic E-state index is 13.0. The van der Waals surface area contributed by atoms with Crippen molar-refractivity contribution < 1.29 is 19.4 Å². The van der Waals surface area contributed by atoms with Crippen molar-refractivity contribution in [1.29, 1.82) is 0 Å². The van der Waals surface area contributed by atoms with Crippen molar-refractivity contribution in [1.82, 2.24) is 5.32 Å². The lowest BCUT2D eigenvalue weighted by atomic mass is 10.0. The highest BCUT2D eigenvalue weighted by atomic mass is 16.5. The van der Waals surface area contributed by atoms with Crippen molar-refractivity contribution in [2.45, 2.75) is 12.6 Å². The number of rotatable bonds is 5. The number of carbonyl (C=O) groups is 2. The van der Waals surface area contributed by atoms with Crippen LogP contribution in [0.15, 0.2) is 48.5 Å². The monoisotopic (exact) mass is 341 g/mol. The van der Waals surface area contributed by atoms with Crippen LogP contribution in [0, 0.1) is 0 Å². The van der Waals surface area contributed by atoms with E-state index in [9.17, 15) is 9.59 Å². The van der Waals surface area contributed by atoms with Crippen LogP contribution in [0.25, 0.3) is 0 Å². The fourth-order valence-electron chi connectivity index (χ4n) is 2.87. The van der Waals surface area contributed by atoms with Crippen molar-refractivity contribution in [3.8, 4) is 5.75 Å². The van der Waals surface area contributed by atoms with E-state index in [4.69, 9.17) is 9.84 Å². The zero-order valence-corrected chi connectivity index (χ0v) is 13.7. The summed E-state index contributed by atoms with van der Waals surface area (Å²) in [6.07, 6.45) is -1.01. The Kier molecular flexibility index (Phi) is 4.74. The molecular formula is C18H19N3O4. The number of fused-ring (bicyclic) bond motifs is 1. The van der Waals surface area contributed by atoms with Crippen molar-refractivity contribution in [3.05, 3.63) is 54.1 Å². The van der Waals surface area contributed by atoms with Crippen LogP contribution in [0.4, 0.5) is 16.2 Å². The average Bonchev–Trinajstić information content (AvgIpc) is 2.62. The molecule has 2 amide bonds. The standard InChI is InChI=1S/C18H19N3O4/c1-25-13-8-6-12(7-9-13)21-16(10-11-19-18(23)24)20-15-5-3-2-4-14(15)17(21)22/h2-9,16,19-20H,10-11H2,1H3,(H,23,24). The van der Waals surface area contributed by atoms with Gasteiger partial charge in [0.05, 0.1) is 12.7 Å². The molecule has 1 heterocycles. The molecule has 1 aliphatic heterocycles. The summed E-state index contributed by atoms with van der Waals surface area (Å²) in [6.45, 7) is 0.231. The van der Waals surface area contributed by atoms with E-state index in [-0.39, 0.29) is 18.6 Å². The fourth-order valence-corrected chi connectivity index (χ4v) is 2.87. The number of amides is 2. The van der Waals surface area contributed by atoms with Crippen molar-refractivity contribution in [3.63, 3.8) is 0 Å². The molecule has 0 aromatic heterocycles. The van der Waals surface area contributed by atoms with E-state index in [0.29, 0.717) is 23.4 Å². The molecule has 7 heteroatoms. The lowest BCUT2D eigenvalue weighted by Gasteiger charge is -2.38. The number of nitrogens with one attached hydrogen (secondary N) is 2. The first kappa shape index (κ1) is 16.6. The first-order valence-electron chi connectivity index (χ1n) is 7.90. The summed E-state index contributed by atoms with van der Waals surface area (Å²) in [5, 5.41) is 14.4. The molecule has 0 fully saturated rings. The third kappa shape index (κ3) is 3.50. The largest absolute Gasteiger partial charge is 0.497 e. The molecule has 2 aromatic rings. The average molecular weight is 341 g/mol. The highest BCUT2D eigenvalue weighted by molar-refractivity contribution is 6.12. The molecule has 0 radical (unpaired) electrons. The number of para-hydroxylation sites is 1. The Morgan fingerprint density at radius 3 is 2.64 bits per heavy atom. The topological polar surface area (TPSA) is 90.9 Å². The molecule has 0 aliphatic carbocycles. The highest BCUT2D eigenvalue weighted by Gasteiger charge is 2.32. The van der Waals surface area contributed by atoms with Crippen LogP contribution < -0.4 is 20.3 Å². The van der Waals surface area contributed by atoms with Gasteiger partial charge in [0.2, 0.25) is 0 Å². The molecule has 25 heavy (non-hydrogen) atoms. The zero-order chi connectivity index (χ0) is 17.8. The summed E-state index contributed by atoms with van der Waals surface area (Å²) < 4.78 is 5.16. The Hall–Kier alpha value is -3.22. The van der Waals surface area contributed by atoms with Gasteiger partial charge in [-0.25, -0.2) is 4.79 Å². The number of carbonyl (C=O) groups excluding carboxylic acids is 1. The van der Waals surface area contributed by atoms with E-state index < -0.39 is 6.09 Å². The van der Waals surface area contributed by atoms with E-state index >= 15 is 0 Å². The van der Waals surface area contributed by atoms with Crippen molar-refractivity contribution >= 4 is 23.4 Å². The molecule has 0 bridgehead atoms. The molecule has 3 N–H and O–H groups in total. The van der Waals surface area contributed by atoms with Crippen LogP contribution in [0.3, 0.4) is 0 Å². The minimum Gasteiger partial charge on any atom is -0.497 e. The normalized spacial score (nSPS) is 16.0. The molecule has 1 unspecified atom stereocenters. The minimum atomic E-state index is -1.08. The quantitative estimate of drug-likeness (QED) is 0.778. The highest BCUT2D eigenvalue weighted by Crippen LogP contribution is 2.31. The van der Waals surface area contributed by atoms with E-state index in [1.165, 1.54) is 0 Å². The van der Waals surface area contributed by atoms with E-state index in [0.717, 1.165) is 5.69 Å². The van der Waals surface area contributed by atoms with Crippen molar-refractivity contribution in [2.75, 3.05) is 23.9 Å². The van der Waals surface area contributed by atoms with Crippen LogP contribution in [-0.2, 0) is 0 Å². The number of anilines is 2. The Morgan fingerprint density at radius 2 is 1.96 bits per heavy atom. The molecule has 0 saturated heterocycles. The fraction of sp³-hybridized carbons (Fsp3) is 0.222. The summed E-state index contributed by atoms with van der Waals surface area (Å²) in [5.74, 6) is 0.575. The summed E-state index contributed by atoms with van der Waals surface area (Å²) in [7, 11) is 1.58. The van der Waals surface area contributed by atoms with Gasteiger partial charge in [0, 0.05) is 24.3 Å². The van der Waals surface area contributed by atoms with E-state index in [2.05, 4.69) is 10.6 Å². The molecule has 1 atom stereocenters. The van der Waals surface area contributed by atoms with Gasteiger partial charge in [-0.1, -0.05) is 12.1 Å². The molecular weight excluding hydrogens is 322 g/mol. The summed E-state index contributed by atoms with van der Waals surface area (Å²) in [6, 6.07) is 14.5. The summed E-state index contributed by atoms with van der Waals surface area (Å²) >= 11 is 0. The van der Waals surface area contributed by atoms with Gasteiger partial charge in [-0.15, -0.1) is 0 Å². The first-order valence-corrected chi connectivity index (χ1v) is 7.90. The van der Waals surface area contributed by atoms with E-state index in [1.807, 2.05) is 30.3 Å². The van der Waals surface area contributed by atoms with Gasteiger partial charge in [-0.2, -0.15) is 0 Å². The van der Waals surface area contributed by atoms with Gasteiger partial charge in [0.25, 0.3) is 5.91 Å². The number of carboxylic acid groups (broad SMARTS) is 1. The molecule has 1 aliphatic rings. The lowest BCUT2D eigenvalue weighted by molar-refractivity contribution is 0.0974. The molecule has 3 rings (SSSR count). The zero-order valence-electron chi connectivity index (χ0n) is 13.7. The van der Waals surface area contributed by atoms with Gasteiger partial charge in [-0.05, 0) is 36.4 Å². The Labute approximate surface area is 145 Å². The number of nitrogens with zero attached hydrogens (tertiary/aromatic N) is 1. The van der Waals surface area contributed by atoms with Crippen LogP contribution in [-0.4, -0.2) is 36.9 Å². The van der Waals surface area contributed by atoms with E-state index in [1.54, 1.807) is 30.2 Å². The predicted octanol–water partition coefficient (Wildman–Crippen LogP) is 2.75. The third-order valence-electron chi connectivity index (χ3n) is 4.05. The van der Waals surface area contributed by atoms with Gasteiger partial charge in [0.15, 0.2) is 0 Å². The third-order valence-corrected chi connectivity index (χ3v) is 4.05. The first-order chi connectivity index (χ1) is 12.1. The number of methoxy groups -OCH3 is 1. The number of benzene rings is 2. The van der Waals surface area contributed by atoms with Crippen LogP contribution in [0.2, 0.25) is 0 Å². The smallest absolute Gasteiger partial charge is 0.404 e. The Bertz CT molecular complexity index is 776. The van der Waals surface area contributed by atoms with Gasteiger partial charge < -0.3 is 20.5 Å². The molecule has 0 spiro atoms. The second-order valence-corrected chi connectivity index (χ2v) is 5.60. The second-order valence-electron chi connectivity index (χ2n) is 5.60. The minimum absolute atomic E-state index is 0.125. The summed E-state index contributed by atoms with van der Waals surface area (Å²) in [4.78, 5) is 25.3. The molecule has 130 valence electrons. The maximum Gasteiger partial charge on any atom is 0.404 e. The van der Waals surface area contributed by atoms with Gasteiger partial charge in [0.1, 0.15) is 11.9 Å². The van der Waals surface area contributed by atoms with Crippen LogP contribution in [0.1, 0.15) is 16.8 Å². The van der Waals surface area contributed by atoms with Crippen LogP contribution in [0.5, 0.6) is 5.75 Å². The lowest BCUT2D eigenvalue weighted by Crippen LogP contribution is -2.50. The summed E-state index contributed by atoms with van der Waals surface area (Å²) in [5.41, 5.74) is 2.05. The van der Waals surface area contributed by atoms with Gasteiger partial charge >= 0.3 is 6.09 Å². The Morgan fingerprint density at radius 1 is 1.24 bits per heavy atom. The SMILES string of the molecule is COc1ccc(N2C(=O)c3ccccc3NC2CCNC(=O)O)cc1. The van der Waals surface area contributed by atoms with Crippen molar-refractivity contribution in [2.24, 2.45) is 0 Å². The number of ether oxygens (including phenoxy) is 1.